The van der Waals surface area contributed by atoms with E-state index in [0.29, 0.717) is 29.0 Å². The lowest BCUT2D eigenvalue weighted by molar-refractivity contribution is 0.521. The summed E-state index contributed by atoms with van der Waals surface area (Å²) in [5.41, 5.74) is 10.2. The van der Waals surface area contributed by atoms with Crippen molar-refractivity contribution in [3.63, 3.8) is 0 Å². The van der Waals surface area contributed by atoms with Crippen LogP contribution in [0.1, 0.15) is 88.4 Å². The molecule has 5 aromatic rings. The van der Waals surface area contributed by atoms with E-state index >= 15 is 0 Å². The predicted octanol–water partition coefficient (Wildman–Crippen LogP) is 8.45. The van der Waals surface area contributed by atoms with Gasteiger partial charge in [0.25, 0.3) is 0 Å². The molecule has 1 fully saturated rings. The number of rotatable bonds is 4. The third-order valence-electron chi connectivity index (χ3n) is 8.82. The molecule has 0 saturated heterocycles. The number of pyridine rings is 4. The van der Waals surface area contributed by atoms with Crippen LogP contribution in [0.5, 0.6) is 0 Å². The van der Waals surface area contributed by atoms with Gasteiger partial charge in [0, 0.05) is 30.7 Å². The number of hydrogen-bond acceptors (Lipinski definition) is 10. The Morgan fingerprint density at radius 3 is 1.48 bits per heavy atom. The number of allylic oxidation sites excluding steroid dienone is 3. The normalized spacial score (nSPS) is 17.4. The molecular weight excluding hydrogens is 621 g/mol. The smallest absolute Gasteiger partial charge is 0.221 e. The molecule has 8 rings (SSSR count). The van der Waals surface area contributed by atoms with Gasteiger partial charge in [-0.05, 0) is 99.0 Å². The van der Waals surface area contributed by atoms with E-state index < -0.39 is 0 Å². The molecule has 0 amide bonds. The minimum Gasteiger partial charge on any atom is -0.276 e. The second kappa shape index (κ2) is 18.9. The average molecular weight is 665 g/mol. The van der Waals surface area contributed by atoms with E-state index in [4.69, 9.17) is 5.10 Å². The van der Waals surface area contributed by atoms with Crippen LogP contribution in [0.3, 0.4) is 0 Å². The van der Waals surface area contributed by atoms with Crippen LogP contribution in [-0.4, -0.2) is 46.0 Å². The maximum Gasteiger partial charge on any atom is 0.221 e. The van der Waals surface area contributed by atoms with Crippen molar-refractivity contribution in [3.05, 3.63) is 127 Å². The first-order valence-corrected chi connectivity index (χ1v) is 17.8. The fourth-order valence-corrected chi connectivity index (χ4v) is 6.25. The summed E-state index contributed by atoms with van der Waals surface area (Å²) >= 11 is 0. The number of nitrogens with one attached hydrogen (secondary N) is 1. The van der Waals surface area contributed by atoms with Crippen molar-refractivity contribution in [2.45, 2.75) is 77.0 Å². The topological polar surface area (TPSA) is 128 Å². The van der Waals surface area contributed by atoms with E-state index in [1.54, 1.807) is 24.5 Å². The van der Waals surface area contributed by atoms with Crippen molar-refractivity contribution in [2.24, 2.45) is 11.0 Å². The molecule has 1 N–H and O–H groups in total. The molecule has 2 aliphatic carbocycles. The monoisotopic (exact) mass is 664 g/mol. The van der Waals surface area contributed by atoms with Gasteiger partial charge in [-0.25, -0.2) is 0 Å². The predicted molar refractivity (Wildman–Crippen MR) is 197 cm³/mol. The highest BCUT2D eigenvalue weighted by Gasteiger charge is 2.30. The van der Waals surface area contributed by atoms with Crippen LogP contribution in [0, 0.1) is 5.92 Å². The Labute approximate surface area is 294 Å². The standard InChI is InChI=1S/C20H22N4.C12H8N6.C8H14/c1-2-4-10-16-15(9-3-1)19(17-11-5-7-13-21-17)23-24-20(16)18-12-6-8-14-22-18;1-3-7-13-9(5-1)11-15-17-12(18-16-11)10-6-2-4-8-14-10;1-2-4-6-8-7-5-3-1/h5-8,11-15,24H,1-4,9-10H2;1-8H;1-2H,3-8H2. The van der Waals surface area contributed by atoms with Gasteiger partial charge in [0.2, 0.25) is 11.6 Å². The lowest BCUT2D eigenvalue weighted by Crippen LogP contribution is -2.30. The van der Waals surface area contributed by atoms with E-state index in [9.17, 15) is 0 Å². The highest BCUT2D eigenvalue weighted by Crippen LogP contribution is 2.36. The van der Waals surface area contributed by atoms with Crippen molar-refractivity contribution < 1.29 is 0 Å². The number of nitrogens with zero attached hydrogens (tertiary/aromatic N) is 9. The molecule has 50 heavy (non-hydrogen) atoms. The average Bonchev–Trinajstić information content (AvgIpc) is 3.16. The Kier molecular flexibility index (Phi) is 13.0. The molecule has 0 aromatic carbocycles. The van der Waals surface area contributed by atoms with Gasteiger partial charge >= 0.3 is 0 Å². The Balaban J connectivity index is 0.000000146. The summed E-state index contributed by atoms with van der Waals surface area (Å²) in [5.74, 6) is 1.14. The molecule has 10 nitrogen and oxygen atoms in total. The summed E-state index contributed by atoms with van der Waals surface area (Å²) in [7, 11) is 0. The summed E-state index contributed by atoms with van der Waals surface area (Å²) in [6.45, 7) is 0. The lowest BCUT2D eigenvalue weighted by Gasteiger charge is -2.30. The van der Waals surface area contributed by atoms with E-state index in [0.717, 1.165) is 35.6 Å². The zero-order valence-electron chi connectivity index (χ0n) is 28.5. The molecule has 254 valence electrons. The molecule has 5 aromatic heterocycles. The van der Waals surface area contributed by atoms with Crippen molar-refractivity contribution >= 4 is 11.4 Å². The molecule has 0 bridgehead atoms. The maximum atomic E-state index is 4.72. The summed E-state index contributed by atoms with van der Waals surface area (Å²) < 4.78 is 0. The van der Waals surface area contributed by atoms with Crippen LogP contribution in [0.2, 0.25) is 0 Å². The molecule has 0 spiro atoms. The maximum absolute atomic E-state index is 4.72. The third kappa shape index (κ3) is 9.78. The Morgan fingerprint density at radius 1 is 0.480 bits per heavy atom. The van der Waals surface area contributed by atoms with Gasteiger partial charge in [-0.15, -0.1) is 20.4 Å². The Morgan fingerprint density at radius 2 is 0.960 bits per heavy atom. The molecule has 1 atom stereocenters. The van der Waals surface area contributed by atoms with Crippen molar-refractivity contribution in [3.8, 4) is 23.0 Å². The summed E-state index contributed by atoms with van der Waals surface area (Å²) in [4.78, 5) is 17.3. The van der Waals surface area contributed by atoms with E-state index in [2.05, 4.69) is 70.0 Å². The van der Waals surface area contributed by atoms with Gasteiger partial charge in [0.15, 0.2) is 0 Å². The van der Waals surface area contributed by atoms with Gasteiger partial charge in [-0.2, -0.15) is 5.10 Å². The minimum absolute atomic E-state index is 0.346. The van der Waals surface area contributed by atoms with Gasteiger partial charge in [0.1, 0.15) is 11.4 Å². The Hall–Kier alpha value is -5.51. The van der Waals surface area contributed by atoms with E-state index in [1.165, 1.54) is 69.8 Å². The van der Waals surface area contributed by atoms with Crippen molar-refractivity contribution in [1.29, 1.82) is 0 Å². The quantitative estimate of drug-likeness (QED) is 0.188. The van der Waals surface area contributed by atoms with Crippen LogP contribution >= 0.6 is 0 Å². The molecule has 1 unspecified atom stereocenters. The lowest BCUT2D eigenvalue weighted by atomic mass is 9.80. The summed E-state index contributed by atoms with van der Waals surface area (Å²) in [6, 6.07) is 23.1. The molecule has 1 saturated carbocycles. The third-order valence-corrected chi connectivity index (χ3v) is 8.82. The fourth-order valence-electron chi connectivity index (χ4n) is 6.25. The highest BCUT2D eigenvalue weighted by molar-refractivity contribution is 6.04. The summed E-state index contributed by atoms with van der Waals surface area (Å²) in [6.07, 6.45) is 27.4. The van der Waals surface area contributed by atoms with Crippen LogP contribution in [0.4, 0.5) is 0 Å². The number of fused-ring (bicyclic) bond motifs is 1. The van der Waals surface area contributed by atoms with Crippen LogP contribution in [-0.2, 0) is 0 Å². The Bertz CT molecular complexity index is 1740. The van der Waals surface area contributed by atoms with E-state index in [1.807, 2.05) is 60.9 Å². The van der Waals surface area contributed by atoms with Gasteiger partial charge in [-0.3, -0.25) is 25.4 Å². The van der Waals surface area contributed by atoms with Gasteiger partial charge < -0.3 is 0 Å². The first-order valence-electron chi connectivity index (χ1n) is 17.8. The second-order valence-corrected chi connectivity index (χ2v) is 12.4. The number of aromatic nitrogens is 8. The summed E-state index contributed by atoms with van der Waals surface area (Å²) in [5, 5.41) is 20.7. The first kappa shape index (κ1) is 34.4. The molecular formula is C40H44N10. The first-order chi connectivity index (χ1) is 24.9. The van der Waals surface area contributed by atoms with Gasteiger partial charge in [0.05, 0.1) is 22.8 Å². The van der Waals surface area contributed by atoms with Crippen LogP contribution in [0.15, 0.2) is 120 Å². The molecule has 6 heterocycles. The fraction of sp³-hybridized carbons (Fsp3) is 0.325. The van der Waals surface area contributed by atoms with Crippen molar-refractivity contribution in [1.82, 2.24) is 45.8 Å². The highest BCUT2D eigenvalue weighted by atomic mass is 15.3. The van der Waals surface area contributed by atoms with Gasteiger partial charge in [-0.1, -0.05) is 68.5 Å². The SMILES string of the molecule is C1=CCCCCCC1.c1ccc(-c2nnc(-c3ccccn3)nn2)nc1.c1ccc(C2=NNC(c3ccccn3)=C3CCCCCCC23)nc1. The molecule has 0 radical (unpaired) electrons. The number of hydrazone groups is 1. The van der Waals surface area contributed by atoms with Crippen molar-refractivity contribution in [2.75, 3.05) is 0 Å². The number of hydrogen-bond donors (Lipinski definition) is 1. The van der Waals surface area contributed by atoms with E-state index in [-0.39, 0.29) is 0 Å². The molecule has 3 aliphatic rings. The molecule has 10 heteroatoms. The zero-order valence-corrected chi connectivity index (χ0v) is 28.5. The second-order valence-electron chi connectivity index (χ2n) is 12.4. The van der Waals surface area contributed by atoms with Crippen LogP contribution < -0.4 is 5.43 Å². The zero-order chi connectivity index (χ0) is 34.1. The minimum atomic E-state index is 0.346. The van der Waals surface area contributed by atoms with Crippen LogP contribution in [0.25, 0.3) is 28.7 Å². The largest absolute Gasteiger partial charge is 0.276 e. The molecule has 1 aliphatic heterocycles.